The van der Waals surface area contributed by atoms with E-state index in [0.29, 0.717) is 24.3 Å². The summed E-state index contributed by atoms with van der Waals surface area (Å²) in [5.41, 5.74) is 6.54. The van der Waals surface area contributed by atoms with Gasteiger partial charge in [-0.05, 0) is 25.5 Å². The first-order valence-corrected chi connectivity index (χ1v) is 7.34. The number of hydrogen-bond donors (Lipinski definition) is 1. The number of amides is 1. The van der Waals surface area contributed by atoms with Crippen LogP contribution in [0.15, 0.2) is 24.5 Å². The lowest BCUT2D eigenvalue weighted by atomic mass is 10.2. The monoisotopic (exact) mass is 314 g/mol. The van der Waals surface area contributed by atoms with Gasteiger partial charge in [-0.3, -0.25) is 9.78 Å². The molecule has 7 nitrogen and oxygen atoms in total. The minimum absolute atomic E-state index is 0.204. The minimum Gasteiger partial charge on any atom is -0.495 e. The maximum atomic E-state index is 11.4. The molecular formula is C16H18N4O3. The molecule has 0 aliphatic heterocycles. The van der Waals surface area contributed by atoms with E-state index in [1.807, 2.05) is 12.1 Å². The maximum absolute atomic E-state index is 11.4. The van der Waals surface area contributed by atoms with Gasteiger partial charge in [-0.2, -0.15) is 4.98 Å². The number of nitrogens with two attached hydrogens (primary N) is 1. The number of hydrogen-bond acceptors (Lipinski definition) is 6. The van der Waals surface area contributed by atoms with Crippen molar-refractivity contribution in [1.29, 1.82) is 0 Å². The number of primary amides is 1. The van der Waals surface area contributed by atoms with Crippen LogP contribution in [0.3, 0.4) is 0 Å². The van der Waals surface area contributed by atoms with Crippen molar-refractivity contribution in [2.75, 3.05) is 13.7 Å². The molecule has 0 bridgehead atoms. The lowest BCUT2D eigenvalue weighted by Crippen LogP contribution is -2.16. The van der Waals surface area contributed by atoms with Gasteiger partial charge in [-0.1, -0.05) is 0 Å². The highest BCUT2D eigenvalue weighted by molar-refractivity contribution is 5.94. The summed E-state index contributed by atoms with van der Waals surface area (Å²) >= 11 is 0. The molecule has 1 fully saturated rings. The number of ether oxygens (including phenoxy) is 2. The summed E-state index contributed by atoms with van der Waals surface area (Å²) in [7, 11) is 1.62. The van der Waals surface area contributed by atoms with E-state index in [9.17, 15) is 4.79 Å². The van der Waals surface area contributed by atoms with Crippen LogP contribution in [0.25, 0.3) is 0 Å². The van der Waals surface area contributed by atoms with Crippen LogP contribution in [0, 0.1) is 12.8 Å². The van der Waals surface area contributed by atoms with E-state index in [2.05, 4.69) is 15.0 Å². The van der Waals surface area contributed by atoms with Crippen LogP contribution in [0.5, 0.6) is 11.6 Å². The first kappa shape index (κ1) is 15.2. The van der Waals surface area contributed by atoms with Crippen LogP contribution in [-0.2, 0) is 0 Å². The molecule has 1 amide bonds. The maximum Gasteiger partial charge on any atom is 0.255 e. The summed E-state index contributed by atoms with van der Waals surface area (Å²) in [6.45, 7) is 2.20. The number of nitrogens with zero attached hydrogens (tertiary/aromatic N) is 3. The quantitative estimate of drug-likeness (QED) is 0.866. The molecule has 2 N–H and O–H groups in total. The third kappa shape index (κ3) is 3.39. The number of rotatable bonds is 6. The van der Waals surface area contributed by atoms with Gasteiger partial charge >= 0.3 is 0 Å². The molecule has 0 saturated heterocycles. The van der Waals surface area contributed by atoms with Gasteiger partial charge in [0.15, 0.2) is 0 Å². The number of aryl methyl sites for hydroxylation is 1. The molecule has 0 aromatic carbocycles. The number of methoxy groups -OCH3 is 1. The van der Waals surface area contributed by atoms with E-state index in [4.69, 9.17) is 15.2 Å². The van der Waals surface area contributed by atoms with Crippen molar-refractivity contribution in [2.45, 2.75) is 19.3 Å². The lowest BCUT2D eigenvalue weighted by Gasteiger charge is -2.08. The van der Waals surface area contributed by atoms with Crippen LogP contribution in [-0.4, -0.2) is 34.6 Å². The Labute approximate surface area is 133 Å². The zero-order chi connectivity index (χ0) is 16.4. The second-order valence-corrected chi connectivity index (χ2v) is 5.54. The predicted molar refractivity (Wildman–Crippen MR) is 82.4 cm³/mol. The van der Waals surface area contributed by atoms with Crippen LogP contribution in [0.2, 0.25) is 0 Å². The van der Waals surface area contributed by atoms with E-state index in [1.54, 1.807) is 20.2 Å². The van der Waals surface area contributed by atoms with Gasteiger partial charge in [0, 0.05) is 23.7 Å². The average Bonchev–Trinajstić information content (AvgIpc) is 3.32. The fraction of sp³-hybridized carbons (Fsp3) is 0.375. The minimum atomic E-state index is -0.593. The van der Waals surface area contributed by atoms with Gasteiger partial charge in [-0.25, -0.2) is 4.98 Å². The molecule has 1 aliphatic rings. The Hall–Kier alpha value is -2.70. The van der Waals surface area contributed by atoms with Crippen LogP contribution in [0.1, 0.15) is 34.2 Å². The van der Waals surface area contributed by atoms with Gasteiger partial charge in [-0.15, -0.1) is 0 Å². The Bertz CT molecular complexity index is 718. The van der Waals surface area contributed by atoms with Gasteiger partial charge in [0.2, 0.25) is 5.88 Å². The number of carbonyl (C=O) groups is 1. The number of carbonyl (C=O) groups excluding carboxylic acids is 1. The lowest BCUT2D eigenvalue weighted by molar-refractivity contribution is 0.0994. The topological polar surface area (TPSA) is 100 Å². The molecule has 1 aliphatic carbocycles. The molecule has 2 atom stereocenters. The highest BCUT2D eigenvalue weighted by Crippen LogP contribution is 2.46. The van der Waals surface area contributed by atoms with E-state index >= 15 is 0 Å². The molecule has 0 radical (unpaired) electrons. The van der Waals surface area contributed by atoms with Crippen LogP contribution in [0.4, 0.5) is 0 Å². The van der Waals surface area contributed by atoms with Gasteiger partial charge < -0.3 is 15.2 Å². The number of pyridine rings is 1. The first-order chi connectivity index (χ1) is 11.1. The first-order valence-electron chi connectivity index (χ1n) is 7.34. The van der Waals surface area contributed by atoms with E-state index in [-0.39, 0.29) is 11.4 Å². The van der Waals surface area contributed by atoms with E-state index in [0.717, 1.165) is 17.9 Å². The molecule has 0 unspecified atom stereocenters. The Morgan fingerprint density at radius 1 is 1.35 bits per heavy atom. The summed E-state index contributed by atoms with van der Waals surface area (Å²) < 4.78 is 10.8. The Morgan fingerprint density at radius 2 is 2.17 bits per heavy atom. The SMILES string of the molecule is COc1ccc([C@H]2C[C@@H]2COc2nc(C)ncc2C(N)=O)nc1. The zero-order valence-electron chi connectivity index (χ0n) is 13.0. The average molecular weight is 314 g/mol. The van der Waals surface area contributed by atoms with Crippen molar-refractivity contribution in [1.82, 2.24) is 15.0 Å². The molecule has 2 heterocycles. The normalized spacial score (nSPS) is 19.2. The fourth-order valence-electron chi connectivity index (χ4n) is 2.44. The van der Waals surface area contributed by atoms with Crippen LogP contribution < -0.4 is 15.2 Å². The molecule has 2 aromatic heterocycles. The largest absolute Gasteiger partial charge is 0.495 e. The second-order valence-electron chi connectivity index (χ2n) is 5.54. The zero-order valence-corrected chi connectivity index (χ0v) is 13.0. The Balaban J connectivity index is 1.62. The molecule has 3 rings (SSSR count). The third-order valence-corrected chi connectivity index (χ3v) is 3.87. The molecule has 23 heavy (non-hydrogen) atoms. The van der Waals surface area contributed by atoms with Crippen molar-refractivity contribution < 1.29 is 14.3 Å². The summed E-state index contributed by atoms with van der Waals surface area (Å²) in [6.07, 6.45) is 4.11. The van der Waals surface area contributed by atoms with Crippen molar-refractivity contribution in [3.63, 3.8) is 0 Å². The summed E-state index contributed by atoms with van der Waals surface area (Å²) in [5.74, 6) is 1.65. The molecule has 2 aromatic rings. The van der Waals surface area contributed by atoms with Gasteiger partial charge in [0.05, 0.1) is 19.9 Å². The molecular weight excluding hydrogens is 296 g/mol. The summed E-state index contributed by atoms with van der Waals surface area (Å²) in [6, 6.07) is 3.87. The molecule has 7 heteroatoms. The summed E-state index contributed by atoms with van der Waals surface area (Å²) in [4.78, 5) is 23.9. The predicted octanol–water partition coefficient (Wildman–Crippen LogP) is 1.47. The van der Waals surface area contributed by atoms with Crippen molar-refractivity contribution >= 4 is 5.91 Å². The van der Waals surface area contributed by atoms with Gasteiger partial charge in [0.25, 0.3) is 5.91 Å². The molecule has 120 valence electrons. The standard InChI is InChI=1S/C16H18N4O3/c1-9-18-7-13(15(17)21)16(20-9)23-8-10-5-12(10)14-4-3-11(22-2)6-19-14/h3-4,6-7,10,12H,5,8H2,1-2H3,(H2,17,21)/t10-,12+/m1/s1. The van der Waals surface area contributed by atoms with Crippen LogP contribution >= 0.6 is 0 Å². The second kappa shape index (κ2) is 6.20. The fourth-order valence-corrected chi connectivity index (χ4v) is 2.44. The molecule has 1 saturated carbocycles. The number of aromatic nitrogens is 3. The van der Waals surface area contributed by atoms with Crippen molar-refractivity contribution in [3.05, 3.63) is 41.6 Å². The van der Waals surface area contributed by atoms with E-state index in [1.165, 1.54) is 6.20 Å². The van der Waals surface area contributed by atoms with Crippen molar-refractivity contribution in [3.8, 4) is 11.6 Å². The highest BCUT2D eigenvalue weighted by Gasteiger charge is 2.40. The van der Waals surface area contributed by atoms with E-state index < -0.39 is 5.91 Å². The highest BCUT2D eigenvalue weighted by atomic mass is 16.5. The van der Waals surface area contributed by atoms with Crippen molar-refractivity contribution in [2.24, 2.45) is 11.7 Å². The Kier molecular flexibility index (Phi) is 4.10. The van der Waals surface area contributed by atoms with Gasteiger partial charge in [0.1, 0.15) is 17.1 Å². The molecule has 0 spiro atoms. The Morgan fingerprint density at radius 3 is 2.83 bits per heavy atom. The third-order valence-electron chi connectivity index (χ3n) is 3.87. The summed E-state index contributed by atoms with van der Waals surface area (Å²) in [5, 5.41) is 0. The smallest absolute Gasteiger partial charge is 0.255 e.